The van der Waals surface area contributed by atoms with Gasteiger partial charge in [-0.05, 0) is 6.92 Å². The van der Waals surface area contributed by atoms with E-state index in [2.05, 4.69) is 26.0 Å². The average molecular weight is 299 g/mol. The molecule has 0 aliphatic rings. The van der Waals surface area contributed by atoms with Crippen molar-refractivity contribution in [3.8, 4) is 0 Å². The van der Waals surface area contributed by atoms with Crippen LogP contribution in [-0.4, -0.2) is 47.6 Å². The molecule has 0 radical (unpaired) electrons. The minimum Gasteiger partial charge on any atom is -0.383 e. The minimum atomic E-state index is -0.624. The van der Waals surface area contributed by atoms with Gasteiger partial charge in [0, 0.05) is 13.7 Å². The number of hydrogen-bond acceptors (Lipinski definition) is 9. The summed E-state index contributed by atoms with van der Waals surface area (Å²) in [6.07, 6.45) is 0. The average Bonchev–Trinajstić information content (AvgIpc) is 2.44. The molecule has 0 bridgehead atoms. The zero-order valence-electron chi connectivity index (χ0n) is 11.7. The van der Waals surface area contributed by atoms with Crippen LogP contribution in [0.5, 0.6) is 0 Å². The van der Waals surface area contributed by atoms with E-state index in [1.165, 1.54) is 14.0 Å². The van der Waals surface area contributed by atoms with E-state index >= 15 is 0 Å². The zero-order chi connectivity index (χ0) is 15.8. The molecule has 1 amide bonds. The molecule has 1 rings (SSSR count). The van der Waals surface area contributed by atoms with Gasteiger partial charge in [0.25, 0.3) is 0 Å². The van der Waals surface area contributed by atoms with Crippen molar-refractivity contribution in [3.05, 3.63) is 15.8 Å². The Hall–Kier alpha value is -2.53. The van der Waals surface area contributed by atoms with Crippen LogP contribution in [-0.2, 0) is 9.53 Å². The van der Waals surface area contributed by atoms with Gasteiger partial charge in [0.05, 0.1) is 18.1 Å². The van der Waals surface area contributed by atoms with E-state index in [1.54, 1.807) is 0 Å². The molecule has 116 valence electrons. The number of hydrogen-bond donors (Lipinski definition) is 4. The Kier molecular flexibility index (Phi) is 6.23. The number of aryl methyl sites for hydroxylation is 1. The van der Waals surface area contributed by atoms with Crippen LogP contribution < -0.4 is 21.9 Å². The topological polar surface area (TPSA) is 157 Å². The molecule has 0 fully saturated rings. The Balaban J connectivity index is 2.79. The Labute approximate surface area is 120 Å². The van der Waals surface area contributed by atoms with Crippen molar-refractivity contribution in [2.45, 2.75) is 6.92 Å². The normalized spacial score (nSPS) is 10.0. The van der Waals surface area contributed by atoms with E-state index in [9.17, 15) is 14.9 Å². The number of nitrogens with zero attached hydrogens (tertiary/aromatic N) is 3. The first-order chi connectivity index (χ1) is 9.99. The van der Waals surface area contributed by atoms with E-state index in [1.807, 2.05) is 0 Å². The van der Waals surface area contributed by atoms with Crippen LogP contribution in [0.15, 0.2) is 0 Å². The lowest BCUT2D eigenvalue weighted by Crippen LogP contribution is -2.32. The molecule has 0 saturated carbocycles. The Bertz CT molecular complexity index is 522. The van der Waals surface area contributed by atoms with Gasteiger partial charge < -0.3 is 15.4 Å². The number of rotatable bonds is 8. The Morgan fingerprint density at radius 2 is 2.19 bits per heavy atom. The lowest BCUT2D eigenvalue weighted by atomic mass is 10.3. The fraction of sp³-hybridized carbons (Fsp3) is 0.500. The van der Waals surface area contributed by atoms with Crippen LogP contribution in [0, 0.1) is 17.0 Å². The molecule has 21 heavy (non-hydrogen) atoms. The number of aromatic nitrogens is 2. The summed E-state index contributed by atoms with van der Waals surface area (Å²) in [5, 5.41) is 16.2. The molecule has 0 spiro atoms. The number of ether oxygens (including phenoxy) is 1. The maximum Gasteiger partial charge on any atom is 0.332 e. The molecule has 0 unspecified atom stereocenters. The summed E-state index contributed by atoms with van der Waals surface area (Å²) in [5.41, 5.74) is 2.03. The fourth-order valence-electron chi connectivity index (χ4n) is 1.49. The second-order valence-corrected chi connectivity index (χ2v) is 3.93. The van der Waals surface area contributed by atoms with Gasteiger partial charge in [-0.3, -0.25) is 20.3 Å². The molecule has 0 aliphatic heterocycles. The first kappa shape index (κ1) is 16.5. The van der Waals surface area contributed by atoms with Crippen LogP contribution in [0.4, 0.5) is 17.5 Å². The van der Waals surface area contributed by atoms with Gasteiger partial charge in [-0.1, -0.05) is 0 Å². The number of nitrogen functional groups attached to an aromatic ring is 1. The van der Waals surface area contributed by atoms with Crippen molar-refractivity contribution in [1.82, 2.24) is 15.3 Å². The number of nitrogens with two attached hydrogens (primary N) is 1. The number of nitrogens with one attached hydrogen (secondary N) is 3. The first-order valence-electron chi connectivity index (χ1n) is 5.98. The summed E-state index contributed by atoms with van der Waals surface area (Å²) in [4.78, 5) is 29.6. The molecule has 0 aromatic carbocycles. The summed E-state index contributed by atoms with van der Waals surface area (Å²) in [6.45, 7) is 1.99. The SMILES string of the molecule is COCCNC(=O)CNc1nc(NN)nc(C)c1[N+](=O)[O-]. The second-order valence-electron chi connectivity index (χ2n) is 3.93. The summed E-state index contributed by atoms with van der Waals surface area (Å²) in [5.74, 6) is 4.77. The Morgan fingerprint density at radius 1 is 1.48 bits per heavy atom. The predicted molar refractivity (Wildman–Crippen MR) is 74.6 cm³/mol. The number of nitro groups is 1. The highest BCUT2D eigenvalue weighted by atomic mass is 16.6. The number of hydrazine groups is 1. The highest BCUT2D eigenvalue weighted by Crippen LogP contribution is 2.25. The highest BCUT2D eigenvalue weighted by molar-refractivity contribution is 5.81. The third kappa shape index (κ3) is 4.81. The van der Waals surface area contributed by atoms with Crippen LogP contribution in [0.25, 0.3) is 0 Å². The maximum atomic E-state index is 11.5. The number of methoxy groups -OCH3 is 1. The Morgan fingerprint density at radius 3 is 2.76 bits per heavy atom. The largest absolute Gasteiger partial charge is 0.383 e. The maximum absolute atomic E-state index is 11.5. The summed E-state index contributed by atoms with van der Waals surface area (Å²) < 4.78 is 4.78. The van der Waals surface area contributed by atoms with E-state index in [0.717, 1.165) is 0 Å². The summed E-state index contributed by atoms with van der Waals surface area (Å²) >= 11 is 0. The molecular formula is C10H17N7O4. The van der Waals surface area contributed by atoms with Gasteiger partial charge in [-0.2, -0.15) is 4.98 Å². The van der Waals surface area contributed by atoms with Crippen LogP contribution in [0.2, 0.25) is 0 Å². The monoisotopic (exact) mass is 299 g/mol. The van der Waals surface area contributed by atoms with Crippen molar-refractivity contribution in [1.29, 1.82) is 0 Å². The number of carbonyl (C=O) groups excluding carboxylic acids is 1. The van der Waals surface area contributed by atoms with E-state index < -0.39 is 4.92 Å². The fourth-order valence-corrected chi connectivity index (χ4v) is 1.49. The molecule has 0 aliphatic carbocycles. The van der Waals surface area contributed by atoms with Crippen LogP contribution in [0.3, 0.4) is 0 Å². The molecule has 1 aromatic heterocycles. The molecule has 5 N–H and O–H groups in total. The number of anilines is 2. The van der Waals surface area contributed by atoms with Crippen molar-refractivity contribution < 1.29 is 14.5 Å². The van der Waals surface area contributed by atoms with Gasteiger partial charge in [0.15, 0.2) is 0 Å². The number of amides is 1. The standard InChI is InChI=1S/C10H17N7O4/c1-6-8(17(19)20)9(15-10(14-6)16-11)13-5-7(18)12-3-4-21-2/h3-5,11H2,1-2H3,(H,12,18)(H2,13,14,15,16). The lowest BCUT2D eigenvalue weighted by Gasteiger charge is -2.09. The third-order valence-electron chi connectivity index (χ3n) is 2.41. The first-order valence-corrected chi connectivity index (χ1v) is 5.98. The van der Waals surface area contributed by atoms with Gasteiger partial charge in [-0.25, -0.2) is 10.8 Å². The molecule has 0 saturated heterocycles. The third-order valence-corrected chi connectivity index (χ3v) is 2.41. The molecule has 1 aromatic rings. The zero-order valence-corrected chi connectivity index (χ0v) is 11.7. The number of carbonyl (C=O) groups is 1. The van der Waals surface area contributed by atoms with E-state index in [0.29, 0.717) is 13.2 Å². The quantitative estimate of drug-likeness (QED) is 0.208. The van der Waals surface area contributed by atoms with Gasteiger partial charge in [-0.15, -0.1) is 0 Å². The van der Waals surface area contributed by atoms with Gasteiger partial charge in [0.2, 0.25) is 17.7 Å². The highest BCUT2D eigenvalue weighted by Gasteiger charge is 2.22. The van der Waals surface area contributed by atoms with Gasteiger partial charge >= 0.3 is 5.69 Å². The van der Waals surface area contributed by atoms with E-state index in [-0.39, 0.29) is 35.6 Å². The van der Waals surface area contributed by atoms with Crippen LogP contribution >= 0.6 is 0 Å². The van der Waals surface area contributed by atoms with Gasteiger partial charge in [0.1, 0.15) is 5.69 Å². The smallest absolute Gasteiger partial charge is 0.332 e. The van der Waals surface area contributed by atoms with Crippen molar-refractivity contribution >= 4 is 23.4 Å². The molecular weight excluding hydrogens is 282 g/mol. The molecule has 11 nitrogen and oxygen atoms in total. The van der Waals surface area contributed by atoms with Crippen molar-refractivity contribution in [3.63, 3.8) is 0 Å². The molecule has 0 atom stereocenters. The van der Waals surface area contributed by atoms with Crippen molar-refractivity contribution in [2.24, 2.45) is 5.84 Å². The minimum absolute atomic E-state index is 0.0143. The molecule has 11 heteroatoms. The van der Waals surface area contributed by atoms with E-state index in [4.69, 9.17) is 10.6 Å². The van der Waals surface area contributed by atoms with Crippen molar-refractivity contribution in [2.75, 3.05) is 37.5 Å². The lowest BCUT2D eigenvalue weighted by molar-refractivity contribution is -0.385. The van der Waals surface area contributed by atoms with Crippen LogP contribution in [0.1, 0.15) is 5.69 Å². The summed E-state index contributed by atoms with van der Waals surface area (Å²) in [7, 11) is 1.51. The predicted octanol–water partition coefficient (Wildman–Crippen LogP) is -0.847. The summed E-state index contributed by atoms with van der Waals surface area (Å²) in [6, 6.07) is 0. The second kappa shape index (κ2) is 7.91. The molecule has 1 heterocycles.